The van der Waals surface area contributed by atoms with E-state index in [0.717, 1.165) is 30.5 Å². The van der Waals surface area contributed by atoms with Crippen molar-refractivity contribution in [3.8, 4) is 17.0 Å². The lowest BCUT2D eigenvalue weighted by molar-refractivity contribution is 0.338. The molecule has 2 aromatic rings. The van der Waals surface area contributed by atoms with Crippen molar-refractivity contribution in [1.82, 2.24) is 9.78 Å². The Kier molecular flexibility index (Phi) is 4.17. The van der Waals surface area contributed by atoms with Crippen molar-refractivity contribution in [1.29, 1.82) is 0 Å². The predicted octanol–water partition coefficient (Wildman–Crippen LogP) is 4.35. The molecule has 0 spiro atoms. The standard InChI is InChI=1S/C17H24N2O/c1-5-6-12-14-16(20)15(13-10-8-7-9-11-13)18-19(14)17(2,3)4/h7-11,20H,5-6,12H2,1-4H3. The van der Waals surface area contributed by atoms with Crippen LogP contribution in [0, 0.1) is 0 Å². The van der Waals surface area contributed by atoms with E-state index in [1.54, 1.807) is 0 Å². The molecule has 2 rings (SSSR count). The van der Waals surface area contributed by atoms with Crippen molar-refractivity contribution in [2.24, 2.45) is 0 Å². The first-order valence-corrected chi connectivity index (χ1v) is 7.32. The zero-order valence-corrected chi connectivity index (χ0v) is 12.8. The number of benzene rings is 1. The number of hydrogen-bond acceptors (Lipinski definition) is 2. The molecule has 0 unspecified atom stereocenters. The summed E-state index contributed by atoms with van der Waals surface area (Å²) in [7, 11) is 0. The molecule has 0 saturated carbocycles. The molecule has 108 valence electrons. The molecule has 1 heterocycles. The van der Waals surface area contributed by atoms with E-state index >= 15 is 0 Å². The Labute approximate surface area is 121 Å². The van der Waals surface area contributed by atoms with Gasteiger partial charge in [0.1, 0.15) is 5.69 Å². The lowest BCUT2D eigenvalue weighted by Gasteiger charge is -2.22. The minimum Gasteiger partial charge on any atom is -0.504 e. The number of unbranched alkanes of at least 4 members (excludes halogenated alkanes) is 1. The van der Waals surface area contributed by atoms with Crippen molar-refractivity contribution in [2.75, 3.05) is 0 Å². The molecule has 1 N–H and O–H groups in total. The maximum Gasteiger partial charge on any atom is 0.165 e. The second-order valence-electron chi connectivity index (χ2n) is 6.20. The van der Waals surface area contributed by atoms with Crippen LogP contribution in [0.2, 0.25) is 0 Å². The van der Waals surface area contributed by atoms with E-state index in [0.29, 0.717) is 11.4 Å². The van der Waals surface area contributed by atoms with Gasteiger partial charge in [-0.05, 0) is 33.6 Å². The third-order valence-electron chi connectivity index (χ3n) is 3.40. The zero-order valence-electron chi connectivity index (χ0n) is 12.8. The van der Waals surface area contributed by atoms with Gasteiger partial charge in [0.15, 0.2) is 5.75 Å². The van der Waals surface area contributed by atoms with Crippen LogP contribution in [0.1, 0.15) is 46.2 Å². The van der Waals surface area contributed by atoms with Gasteiger partial charge in [0.2, 0.25) is 0 Å². The van der Waals surface area contributed by atoms with Gasteiger partial charge in [-0.3, -0.25) is 4.68 Å². The van der Waals surface area contributed by atoms with Gasteiger partial charge < -0.3 is 5.11 Å². The Hall–Kier alpha value is -1.77. The van der Waals surface area contributed by atoms with E-state index in [2.05, 4.69) is 32.8 Å². The molecule has 0 aliphatic carbocycles. The first kappa shape index (κ1) is 14.6. The number of aromatic nitrogens is 2. The highest BCUT2D eigenvalue weighted by atomic mass is 16.3. The molecule has 0 saturated heterocycles. The molecular weight excluding hydrogens is 248 g/mol. The first-order valence-electron chi connectivity index (χ1n) is 7.32. The number of rotatable bonds is 4. The van der Waals surface area contributed by atoms with E-state index in [1.165, 1.54) is 0 Å². The second-order valence-corrected chi connectivity index (χ2v) is 6.20. The number of nitrogens with zero attached hydrogens (tertiary/aromatic N) is 2. The number of aromatic hydroxyl groups is 1. The maximum absolute atomic E-state index is 10.6. The topological polar surface area (TPSA) is 38.1 Å². The van der Waals surface area contributed by atoms with E-state index in [-0.39, 0.29) is 5.54 Å². The maximum atomic E-state index is 10.6. The zero-order chi connectivity index (χ0) is 14.8. The van der Waals surface area contributed by atoms with Crippen LogP contribution in [0.25, 0.3) is 11.3 Å². The fraction of sp³-hybridized carbons (Fsp3) is 0.471. The van der Waals surface area contributed by atoms with Crippen LogP contribution in [0.15, 0.2) is 30.3 Å². The molecule has 0 atom stereocenters. The van der Waals surface area contributed by atoms with E-state index in [4.69, 9.17) is 0 Å². The van der Waals surface area contributed by atoms with Crippen LogP contribution in [0.3, 0.4) is 0 Å². The van der Waals surface area contributed by atoms with Crippen molar-refractivity contribution < 1.29 is 5.11 Å². The van der Waals surface area contributed by atoms with E-state index < -0.39 is 0 Å². The van der Waals surface area contributed by atoms with E-state index in [9.17, 15) is 5.11 Å². The van der Waals surface area contributed by atoms with Crippen LogP contribution < -0.4 is 0 Å². The summed E-state index contributed by atoms with van der Waals surface area (Å²) in [4.78, 5) is 0. The lowest BCUT2D eigenvalue weighted by atomic mass is 10.1. The summed E-state index contributed by atoms with van der Waals surface area (Å²) in [6.45, 7) is 8.50. The quantitative estimate of drug-likeness (QED) is 0.898. The van der Waals surface area contributed by atoms with E-state index in [1.807, 2.05) is 35.0 Å². The molecule has 0 bridgehead atoms. The third kappa shape index (κ3) is 2.87. The van der Waals surface area contributed by atoms with Crippen LogP contribution in [0.4, 0.5) is 0 Å². The smallest absolute Gasteiger partial charge is 0.165 e. The SMILES string of the molecule is CCCCc1c(O)c(-c2ccccc2)nn1C(C)(C)C. The summed E-state index contributed by atoms with van der Waals surface area (Å²) >= 11 is 0. The first-order chi connectivity index (χ1) is 9.45. The molecule has 1 aromatic heterocycles. The van der Waals surface area contributed by atoms with Gasteiger partial charge in [-0.15, -0.1) is 0 Å². The van der Waals surface area contributed by atoms with Crippen molar-refractivity contribution in [3.63, 3.8) is 0 Å². The van der Waals surface area contributed by atoms with Crippen LogP contribution in [-0.4, -0.2) is 14.9 Å². The van der Waals surface area contributed by atoms with Gasteiger partial charge >= 0.3 is 0 Å². The fourth-order valence-electron chi connectivity index (χ4n) is 2.36. The molecule has 1 aromatic carbocycles. The van der Waals surface area contributed by atoms with Gasteiger partial charge in [-0.1, -0.05) is 43.7 Å². The number of hydrogen-bond donors (Lipinski definition) is 1. The highest BCUT2D eigenvalue weighted by molar-refractivity contribution is 5.67. The van der Waals surface area contributed by atoms with Gasteiger partial charge in [0.05, 0.1) is 11.2 Å². The van der Waals surface area contributed by atoms with Crippen molar-refractivity contribution in [2.45, 2.75) is 52.5 Å². The molecule has 0 radical (unpaired) electrons. The molecule has 0 fully saturated rings. The molecule has 0 aliphatic heterocycles. The van der Waals surface area contributed by atoms with Crippen LogP contribution in [0.5, 0.6) is 5.75 Å². The molecule has 3 heteroatoms. The summed E-state index contributed by atoms with van der Waals surface area (Å²) in [5, 5.41) is 15.2. The fourth-order valence-corrected chi connectivity index (χ4v) is 2.36. The summed E-state index contributed by atoms with van der Waals surface area (Å²) in [6.07, 6.45) is 3.03. The Bertz CT molecular complexity index is 565. The molecule has 3 nitrogen and oxygen atoms in total. The molecule has 0 amide bonds. The molecule has 0 aliphatic rings. The lowest BCUT2D eigenvalue weighted by Crippen LogP contribution is -2.25. The van der Waals surface area contributed by atoms with Gasteiger partial charge in [0, 0.05) is 5.56 Å². The minimum atomic E-state index is -0.131. The van der Waals surface area contributed by atoms with Crippen LogP contribution >= 0.6 is 0 Å². The Morgan fingerprint density at radius 1 is 1.15 bits per heavy atom. The Balaban J connectivity index is 2.53. The highest BCUT2D eigenvalue weighted by Gasteiger charge is 2.24. The molecule has 20 heavy (non-hydrogen) atoms. The van der Waals surface area contributed by atoms with Crippen molar-refractivity contribution in [3.05, 3.63) is 36.0 Å². The summed E-state index contributed by atoms with van der Waals surface area (Å²) in [6, 6.07) is 9.88. The average Bonchev–Trinajstić information content (AvgIpc) is 2.74. The summed E-state index contributed by atoms with van der Waals surface area (Å²) in [5.41, 5.74) is 2.46. The highest BCUT2D eigenvalue weighted by Crippen LogP contribution is 2.35. The predicted molar refractivity (Wildman–Crippen MR) is 82.9 cm³/mol. The largest absolute Gasteiger partial charge is 0.504 e. The average molecular weight is 272 g/mol. The second kappa shape index (κ2) is 5.70. The van der Waals surface area contributed by atoms with Gasteiger partial charge in [0.25, 0.3) is 0 Å². The minimum absolute atomic E-state index is 0.131. The third-order valence-corrected chi connectivity index (χ3v) is 3.40. The Morgan fingerprint density at radius 2 is 1.80 bits per heavy atom. The van der Waals surface area contributed by atoms with Gasteiger partial charge in [-0.2, -0.15) is 5.10 Å². The summed E-state index contributed by atoms with van der Waals surface area (Å²) < 4.78 is 1.97. The van der Waals surface area contributed by atoms with Gasteiger partial charge in [-0.25, -0.2) is 0 Å². The molecular formula is C17H24N2O. The summed E-state index contributed by atoms with van der Waals surface area (Å²) in [5.74, 6) is 0.333. The van der Waals surface area contributed by atoms with Crippen molar-refractivity contribution >= 4 is 0 Å². The normalized spacial score (nSPS) is 11.8. The van der Waals surface area contributed by atoms with Crippen LogP contribution in [-0.2, 0) is 12.0 Å². The Morgan fingerprint density at radius 3 is 2.35 bits per heavy atom. The monoisotopic (exact) mass is 272 g/mol.